The molecular formula is C15H13N3O2S. The molecule has 1 aromatic carbocycles. The third-order valence-corrected chi connectivity index (χ3v) is 3.83. The fraction of sp³-hybridized carbons (Fsp3) is 0.133. The number of nitrogens with zero attached hydrogens (tertiary/aromatic N) is 2. The normalized spacial score (nSPS) is 10.5. The summed E-state index contributed by atoms with van der Waals surface area (Å²) in [6.07, 6.45) is 2.20. The smallest absolute Gasteiger partial charge is 0.261 e. The maximum atomic E-state index is 12.0. The van der Waals surface area contributed by atoms with E-state index in [2.05, 4.69) is 15.5 Å². The van der Waals surface area contributed by atoms with Crippen LogP contribution in [-0.4, -0.2) is 16.1 Å². The first-order chi connectivity index (χ1) is 10.2. The third-order valence-electron chi connectivity index (χ3n) is 2.99. The number of hydrogen-bond donors (Lipinski definition) is 1. The first-order valence-corrected chi connectivity index (χ1v) is 7.26. The van der Waals surface area contributed by atoms with Gasteiger partial charge >= 0.3 is 0 Å². The van der Waals surface area contributed by atoms with E-state index in [-0.39, 0.29) is 5.91 Å². The largest absolute Gasteiger partial charge is 0.469 e. The lowest BCUT2D eigenvalue weighted by molar-refractivity contribution is 0.102. The Morgan fingerprint density at radius 2 is 2.05 bits per heavy atom. The number of carbonyl (C=O) groups is 1. The highest BCUT2D eigenvalue weighted by Gasteiger charge is 2.14. The molecule has 0 aliphatic carbocycles. The van der Waals surface area contributed by atoms with Crippen LogP contribution in [0.1, 0.15) is 26.7 Å². The maximum Gasteiger partial charge on any atom is 0.261 e. The van der Waals surface area contributed by atoms with Gasteiger partial charge in [0.2, 0.25) is 5.13 Å². The molecule has 2 aromatic heterocycles. The first kappa shape index (κ1) is 13.5. The molecule has 21 heavy (non-hydrogen) atoms. The monoisotopic (exact) mass is 299 g/mol. The number of rotatable bonds is 4. The number of benzene rings is 1. The number of anilines is 1. The van der Waals surface area contributed by atoms with Crippen molar-refractivity contribution in [3.05, 3.63) is 64.6 Å². The second-order valence-electron chi connectivity index (χ2n) is 4.51. The van der Waals surface area contributed by atoms with Crippen LogP contribution in [0, 0.1) is 6.92 Å². The van der Waals surface area contributed by atoms with Crippen LogP contribution >= 0.6 is 11.3 Å². The summed E-state index contributed by atoms with van der Waals surface area (Å²) in [5.74, 6) is 0.352. The first-order valence-electron chi connectivity index (χ1n) is 6.44. The van der Waals surface area contributed by atoms with Crippen molar-refractivity contribution in [2.45, 2.75) is 13.3 Å². The van der Waals surface area contributed by atoms with E-state index in [0.29, 0.717) is 22.9 Å². The third kappa shape index (κ3) is 3.17. The minimum Gasteiger partial charge on any atom is -0.469 e. The van der Waals surface area contributed by atoms with Gasteiger partial charge < -0.3 is 4.42 Å². The van der Waals surface area contributed by atoms with Crippen molar-refractivity contribution >= 4 is 22.4 Å². The molecule has 1 N–H and O–H groups in total. The summed E-state index contributed by atoms with van der Waals surface area (Å²) in [6.45, 7) is 1.75. The lowest BCUT2D eigenvalue weighted by Gasteiger charge is -1.98. The molecule has 0 radical (unpaired) electrons. The number of furan rings is 1. The molecule has 106 valence electrons. The van der Waals surface area contributed by atoms with Crippen molar-refractivity contribution < 1.29 is 9.21 Å². The van der Waals surface area contributed by atoms with Gasteiger partial charge in [-0.1, -0.05) is 41.7 Å². The summed E-state index contributed by atoms with van der Waals surface area (Å²) in [4.78, 5) is 12.0. The Labute approximate surface area is 125 Å². The van der Waals surface area contributed by atoms with Crippen LogP contribution in [0.25, 0.3) is 0 Å². The Kier molecular flexibility index (Phi) is 3.79. The molecule has 6 heteroatoms. The number of hydrogen-bond acceptors (Lipinski definition) is 5. The van der Waals surface area contributed by atoms with Crippen molar-refractivity contribution in [3.63, 3.8) is 0 Å². The molecule has 5 nitrogen and oxygen atoms in total. The van der Waals surface area contributed by atoms with E-state index in [1.54, 1.807) is 13.0 Å². The molecule has 0 saturated heterocycles. The van der Waals surface area contributed by atoms with Gasteiger partial charge in [0, 0.05) is 6.42 Å². The minimum atomic E-state index is -0.233. The van der Waals surface area contributed by atoms with Crippen LogP contribution in [0.2, 0.25) is 0 Å². The zero-order chi connectivity index (χ0) is 14.7. The molecule has 0 fully saturated rings. The number of nitrogens with one attached hydrogen (secondary N) is 1. The maximum absolute atomic E-state index is 12.0. The van der Waals surface area contributed by atoms with Crippen molar-refractivity contribution in [3.8, 4) is 0 Å². The summed E-state index contributed by atoms with van der Waals surface area (Å²) in [6, 6.07) is 11.7. The van der Waals surface area contributed by atoms with Crippen molar-refractivity contribution in [1.82, 2.24) is 10.2 Å². The highest BCUT2D eigenvalue weighted by atomic mass is 32.1. The van der Waals surface area contributed by atoms with Gasteiger partial charge in [0.1, 0.15) is 10.8 Å². The van der Waals surface area contributed by atoms with Crippen LogP contribution in [-0.2, 0) is 6.42 Å². The van der Waals surface area contributed by atoms with Gasteiger partial charge in [0.25, 0.3) is 5.91 Å². The summed E-state index contributed by atoms with van der Waals surface area (Å²) >= 11 is 1.37. The average molecular weight is 299 g/mol. The topological polar surface area (TPSA) is 68.0 Å². The fourth-order valence-corrected chi connectivity index (χ4v) is 2.70. The van der Waals surface area contributed by atoms with E-state index in [1.807, 2.05) is 30.3 Å². The molecule has 1 amide bonds. The minimum absolute atomic E-state index is 0.233. The lowest BCUT2D eigenvalue weighted by atomic mass is 10.2. The Morgan fingerprint density at radius 3 is 2.76 bits per heavy atom. The summed E-state index contributed by atoms with van der Waals surface area (Å²) in [5, 5.41) is 12.2. The molecule has 3 rings (SSSR count). The lowest BCUT2D eigenvalue weighted by Crippen LogP contribution is -2.11. The quantitative estimate of drug-likeness (QED) is 0.802. The van der Waals surface area contributed by atoms with E-state index in [4.69, 9.17) is 4.42 Å². The summed E-state index contributed by atoms with van der Waals surface area (Å²) < 4.78 is 5.11. The Morgan fingerprint density at radius 1 is 1.24 bits per heavy atom. The highest BCUT2D eigenvalue weighted by molar-refractivity contribution is 7.15. The summed E-state index contributed by atoms with van der Waals surface area (Å²) in [7, 11) is 0. The van der Waals surface area contributed by atoms with Gasteiger partial charge in [-0.05, 0) is 18.6 Å². The predicted molar refractivity (Wildman–Crippen MR) is 80.6 cm³/mol. The second kappa shape index (κ2) is 5.88. The van der Waals surface area contributed by atoms with Crippen LogP contribution in [0.15, 0.2) is 47.1 Å². The standard InChI is InChI=1S/C15H13N3O2S/c1-10-12(7-8-20-10)14(19)16-15-18-17-13(21-15)9-11-5-3-2-4-6-11/h2-8H,9H2,1H3,(H,16,18,19). The fourth-order valence-electron chi connectivity index (χ4n) is 1.93. The van der Waals surface area contributed by atoms with E-state index in [1.165, 1.54) is 17.6 Å². The van der Waals surface area contributed by atoms with Gasteiger partial charge in [-0.2, -0.15) is 0 Å². The number of aromatic nitrogens is 2. The number of aryl methyl sites for hydroxylation is 1. The molecule has 0 atom stereocenters. The van der Waals surface area contributed by atoms with Crippen molar-refractivity contribution in [2.24, 2.45) is 0 Å². The van der Waals surface area contributed by atoms with Gasteiger partial charge in [-0.15, -0.1) is 10.2 Å². The molecule has 0 aliphatic heterocycles. The Bertz CT molecular complexity index is 749. The van der Waals surface area contributed by atoms with Gasteiger partial charge in [0.05, 0.1) is 11.8 Å². The van der Waals surface area contributed by atoms with E-state index < -0.39 is 0 Å². The SMILES string of the molecule is Cc1occc1C(=O)Nc1nnc(Cc2ccccc2)s1. The zero-order valence-electron chi connectivity index (χ0n) is 11.4. The molecule has 0 aliphatic rings. The summed E-state index contributed by atoms with van der Waals surface area (Å²) in [5.41, 5.74) is 1.67. The number of carbonyl (C=O) groups excluding carboxylic acids is 1. The number of amides is 1. The zero-order valence-corrected chi connectivity index (χ0v) is 12.2. The van der Waals surface area contributed by atoms with Crippen LogP contribution in [0.5, 0.6) is 0 Å². The molecule has 0 bridgehead atoms. The molecular weight excluding hydrogens is 286 g/mol. The van der Waals surface area contributed by atoms with Crippen LogP contribution in [0.4, 0.5) is 5.13 Å². The predicted octanol–water partition coefficient (Wildman–Crippen LogP) is 3.28. The highest BCUT2D eigenvalue weighted by Crippen LogP contribution is 2.20. The molecule has 0 unspecified atom stereocenters. The van der Waals surface area contributed by atoms with Gasteiger partial charge in [-0.3, -0.25) is 10.1 Å². The molecule has 3 aromatic rings. The second-order valence-corrected chi connectivity index (χ2v) is 5.57. The van der Waals surface area contributed by atoms with Gasteiger partial charge in [-0.25, -0.2) is 0 Å². The molecule has 0 saturated carbocycles. The van der Waals surface area contributed by atoms with E-state index >= 15 is 0 Å². The van der Waals surface area contributed by atoms with Crippen LogP contribution in [0.3, 0.4) is 0 Å². The van der Waals surface area contributed by atoms with Crippen LogP contribution < -0.4 is 5.32 Å². The molecule has 2 heterocycles. The van der Waals surface area contributed by atoms with E-state index in [0.717, 1.165) is 10.6 Å². The van der Waals surface area contributed by atoms with Gasteiger partial charge in [0.15, 0.2) is 0 Å². The Balaban J connectivity index is 1.68. The Hall–Kier alpha value is -2.47. The van der Waals surface area contributed by atoms with E-state index in [9.17, 15) is 4.79 Å². The average Bonchev–Trinajstić information content (AvgIpc) is 3.09. The molecule has 0 spiro atoms. The van der Waals surface area contributed by atoms with Crippen molar-refractivity contribution in [1.29, 1.82) is 0 Å². The van der Waals surface area contributed by atoms with Crippen molar-refractivity contribution in [2.75, 3.05) is 5.32 Å².